The monoisotopic (exact) mass is 364 g/mol. The molecule has 1 aliphatic heterocycles. The van der Waals surface area contributed by atoms with Crippen LogP contribution in [0, 0.1) is 0 Å². The second kappa shape index (κ2) is 9.64. The highest BCUT2D eigenvalue weighted by Gasteiger charge is 2.25. The highest BCUT2D eigenvalue weighted by molar-refractivity contribution is 6.34. The molecule has 0 unspecified atom stereocenters. The number of carbonyl (C=O) groups excluding carboxylic acids is 2. The van der Waals surface area contributed by atoms with Crippen LogP contribution in [0.5, 0.6) is 0 Å². The van der Waals surface area contributed by atoms with Crippen molar-refractivity contribution in [2.45, 2.75) is 6.54 Å². The van der Waals surface area contributed by atoms with E-state index in [-0.39, 0.29) is 6.54 Å². The second-order valence-corrected chi connectivity index (χ2v) is 6.41. The number of nitrogens with one attached hydrogen (secondary N) is 1. The summed E-state index contributed by atoms with van der Waals surface area (Å²) in [4.78, 5) is 32.4. The number of rotatable bonds is 5. The van der Waals surface area contributed by atoms with Crippen molar-refractivity contribution in [3.8, 4) is 0 Å². The molecule has 0 saturated carbocycles. The fourth-order valence-corrected chi connectivity index (χ4v) is 2.93. The van der Waals surface area contributed by atoms with E-state index >= 15 is 0 Å². The van der Waals surface area contributed by atoms with Crippen molar-refractivity contribution in [1.29, 1.82) is 0 Å². The van der Waals surface area contributed by atoms with Gasteiger partial charge in [-0.05, 0) is 17.7 Å². The lowest BCUT2D eigenvalue weighted by atomic mass is 10.2. The third-order valence-corrected chi connectivity index (χ3v) is 4.48. The highest BCUT2D eigenvalue weighted by Crippen LogP contribution is 2.05. The fourth-order valence-electron chi connectivity index (χ4n) is 2.93. The zero-order valence-corrected chi connectivity index (χ0v) is 15.3. The summed E-state index contributed by atoms with van der Waals surface area (Å²) in [6, 6.07) is 15.6. The zero-order chi connectivity index (χ0) is 18.9. The Morgan fingerprint density at radius 2 is 1.74 bits per heavy atom. The molecular formula is C21H24N4O2. The number of amides is 2. The van der Waals surface area contributed by atoms with Crippen molar-refractivity contribution in [2.75, 3.05) is 32.7 Å². The number of hydrogen-bond donors (Lipinski definition) is 1. The SMILES string of the molecule is O=C(NCc1ccccn1)C(=O)N1CCN(C/C=C/c2ccccc2)CC1. The summed E-state index contributed by atoms with van der Waals surface area (Å²) in [6.45, 7) is 3.75. The van der Waals surface area contributed by atoms with Gasteiger partial charge in [-0.3, -0.25) is 19.5 Å². The van der Waals surface area contributed by atoms with Gasteiger partial charge in [-0.15, -0.1) is 0 Å². The maximum absolute atomic E-state index is 12.3. The van der Waals surface area contributed by atoms with Crippen LogP contribution in [-0.2, 0) is 16.1 Å². The van der Waals surface area contributed by atoms with E-state index in [9.17, 15) is 9.59 Å². The van der Waals surface area contributed by atoms with Gasteiger partial charge in [-0.25, -0.2) is 0 Å². The first-order valence-corrected chi connectivity index (χ1v) is 9.13. The maximum atomic E-state index is 12.3. The van der Waals surface area contributed by atoms with E-state index in [0.29, 0.717) is 13.1 Å². The lowest BCUT2D eigenvalue weighted by Crippen LogP contribution is -2.52. The van der Waals surface area contributed by atoms with Crippen molar-refractivity contribution in [3.63, 3.8) is 0 Å². The van der Waals surface area contributed by atoms with Crippen molar-refractivity contribution in [3.05, 3.63) is 72.1 Å². The molecule has 2 aromatic rings. The van der Waals surface area contributed by atoms with E-state index in [2.05, 4.69) is 39.5 Å². The molecule has 1 fully saturated rings. The van der Waals surface area contributed by atoms with E-state index < -0.39 is 11.8 Å². The molecule has 0 radical (unpaired) electrons. The number of hydrogen-bond acceptors (Lipinski definition) is 4. The van der Waals surface area contributed by atoms with Crippen LogP contribution in [0.2, 0.25) is 0 Å². The van der Waals surface area contributed by atoms with Crippen molar-refractivity contribution in [1.82, 2.24) is 20.1 Å². The number of aromatic nitrogens is 1. The van der Waals surface area contributed by atoms with Gasteiger partial charge < -0.3 is 10.2 Å². The predicted octanol–water partition coefficient (Wildman–Crippen LogP) is 1.56. The molecule has 2 heterocycles. The number of benzene rings is 1. The van der Waals surface area contributed by atoms with Crippen LogP contribution in [0.1, 0.15) is 11.3 Å². The quantitative estimate of drug-likeness (QED) is 0.818. The highest BCUT2D eigenvalue weighted by atomic mass is 16.2. The van der Waals surface area contributed by atoms with E-state index in [1.54, 1.807) is 11.1 Å². The molecule has 0 bridgehead atoms. The molecule has 2 amide bonds. The summed E-state index contributed by atoms with van der Waals surface area (Å²) >= 11 is 0. The van der Waals surface area contributed by atoms with E-state index in [1.165, 1.54) is 5.56 Å². The van der Waals surface area contributed by atoms with Crippen molar-refractivity contribution < 1.29 is 9.59 Å². The van der Waals surface area contributed by atoms with Crippen LogP contribution in [0.3, 0.4) is 0 Å². The molecule has 1 saturated heterocycles. The van der Waals surface area contributed by atoms with Crippen LogP contribution in [-0.4, -0.2) is 59.3 Å². The molecular weight excluding hydrogens is 340 g/mol. The Morgan fingerprint density at radius 3 is 2.44 bits per heavy atom. The van der Waals surface area contributed by atoms with Gasteiger partial charge in [0.1, 0.15) is 0 Å². The van der Waals surface area contributed by atoms with Gasteiger partial charge in [0.15, 0.2) is 0 Å². The molecule has 27 heavy (non-hydrogen) atoms. The molecule has 140 valence electrons. The molecule has 0 spiro atoms. The summed E-state index contributed by atoms with van der Waals surface area (Å²) in [5, 5.41) is 2.64. The molecule has 1 aliphatic rings. The normalized spacial score (nSPS) is 15.0. The number of piperazine rings is 1. The van der Waals surface area contributed by atoms with Crippen molar-refractivity contribution >= 4 is 17.9 Å². The third-order valence-electron chi connectivity index (χ3n) is 4.48. The van der Waals surface area contributed by atoms with Gasteiger partial charge in [0.25, 0.3) is 0 Å². The molecule has 3 rings (SSSR count). The number of carbonyl (C=O) groups is 2. The summed E-state index contributed by atoms with van der Waals surface area (Å²) < 4.78 is 0. The number of pyridine rings is 1. The van der Waals surface area contributed by atoms with Gasteiger partial charge in [0.05, 0.1) is 12.2 Å². The first kappa shape index (κ1) is 18.8. The Balaban J connectivity index is 1.39. The van der Waals surface area contributed by atoms with Crippen LogP contribution < -0.4 is 5.32 Å². The third kappa shape index (κ3) is 5.76. The summed E-state index contributed by atoms with van der Waals surface area (Å²) in [5.74, 6) is -1.04. The van der Waals surface area contributed by atoms with Gasteiger partial charge in [-0.2, -0.15) is 0 Å². The first-order valence-electron chi connectivity index (χ1n) is 9.13. The van der Waals surface area contributed by atoms with E-state index in [0.717, 1.165) is 25.3 Å². The van der Waals surface area contributed by atoms with Gasteiger partial charge in [-0.1, -0.05) is 48.6 Å². The van der Waals surface area contributed by atoms with Crippen molar-refractivity contribution in [2.24, 2.45) is 0 Å². The molecule has 0 atom stereocenters. The van der Waals surface area contributed by atoms with Crippen LogP contribution in [0.25, 0.3) is 6.08 Å². The Hall–Kier alpha value is -2.99. The Morgan fingerprint density at radius 1 is 1.00 bits per heavy atom. The maximum Gasteiger partial charge on any atom is 0.311 e. The van der Waals surface area contributed by atoms with Crippen LogP contribution in [0.4, 0.5) is 0 Å². The lowest BCUT2D eigenvalue weighted by Gasteiger charge is -2.33. The molecule has 6 nitrogen and oxygen atoms in total. The standard InChI is InChI=1S/C21H24N4O2/c26-20(23-17-19-10-4-5-11-22-19)21(27)25-15-13-24(14-16-25)12-6-9-18-7-2-1-3-8-18/h1-11H,12-17H2,(H,23,26)/b9-6+. The molecule has 6 heteroatoms. The molecule has 1 N–H and O–H groups in total. The summed E-state index contributed by atoms with van der Waals surface area (Å²) in [6.07, 6.45) is 5.89. The second-order valence-electron chi connectivity index (χ2n) is 6.41. The Labute approximate surface area is 159 Å². The van der Waals surface area contributed by atoms with Crippen LogP contribution >= 0.6 is 0 Å². The molecule has 0 aliphatic carbocycles. The van der Waals surface area contributed by atoms with E-state index in [1.807, 2.05) is 36.4 Å². The van der Waals surface area contributed by atoms with Gasteiger partial charge in [0, 0.05) is 38.9 Å². The minimum Gasteiger partial charge on any atom is -0.342 e. The fraction of sp³-hybridized carbons (Fsp3) is 0.286. The smallest absolute Gasteiger partial charge is 0.311 e. The average molecular weight is 364 g/mol. The topological polar surface area (TPSA) is 65.5 Å². The zero-order valence-electron chi connectivity index (χ0n) is 15.3. The first-order chi connectivity index (χ1) is 13.2. The van der Waals surface area contributed by atoms with Gasteiger partial charge >= 0.3 is 11.8 Å². The summed E-state index contributed by atoms with van der Waals surface area (Å²) in [5.41, 5.74) is 1.91. The Kier molecular flexibility index (Phi) is 6.71. The minimum absolute atomic E-state index is 0.260. The Bertz CT molecular complexity index is 769. The van der Waals surface area contributed by atoms with E-state index in [4.69, 9.17) is 0 Å². The predicted molar refractivity (Wildman–Crippen MR) is 105 cm³/mol. The largest absolute Gasteiger partial charge is 0.342 e. The number of nitrogens with zero attached hydrogens (tertiary/aromatic N) is 3. The minimum atomic E-state index is -0.571. The lowest BCUT2D eigenvalue weighted by molar-refractivity contribution is -0.147. The van der Waals surface area contributed by atoms with Gasteiger partial charge in [0.2, 0.25) is 0 Å². The van der Waals surface area contributed by atoms with Crippen LogP contribution in [0.15, 0.2) is 60.8 Å². The summed E-state index contributed by atoms with van der Waals surface area (Å²) in [7, 11) is 0. The molecule has 1 aromatic carbocycles. The average Bonchev–Trinajstić information content (AvgIpc) is 2.73. The molecule has 1 aromatic heterocycles.